The zero-order valence-electron chi connectivity index (χ0n) is 15.8. The Hall–Kier alpha value is -2.55. The van der Waals surface area contributed by atoms with Gasteiger partial charge in [0.2, 0.25) is 0 Å². The number of amides is 1. The highest BCUT2D eigenvalue weighted by atomic mass is 16.2. The molecule has 3 heteroatoms. The molecule has 0 N–H and O–H groups in total. The molecule has 1 amide bonds. The van der Waals surface area contributed by atoms with Gasteiger partial charge in [-0.15, -0.1) is 0 Å². The zero-order valence-corrected chi connectivity index (χ0v) is 15.8. The summed E-state index contributed by atoms with van der Waals surface area (Å²) in [5.41, 5.74) is 5.80. The number of piperidine rings is 1. The van der Waals surface area contributed by atoms with E-state index in [4.69, 9.17) is 0 Å². The van der Waals surface area contributed by atoms with E-state index in [-0.39, 0.29) is 5.91 Å². The molecule has 3 aromatic rings. The van der Waals surface area contributed by atoms with Gasteiger partial charge in [0.25, 0.3) is 5.91 Å². The van der Waals surface area contributed by atoms with Crippen molar-refractivity contribution in [1.82, 2.24) is 9.47 Å². The Kier molecular flexibility index (Phi) is 4.31. The first-order chi connectivity index (χ1) is 12.5. The smallest absolute Gasteiger partial charge is 0.270 e. The summed E-state index contributed by atoms with van der Waals surface area (Å²) in [7, 11) is 2.00. The monoisotopic (exact) mass is 346 g/mol. The first-order valence-corrected chi connectivity index (χ1v) is 9.45. The third-order valence-corrected chi connectivity index (χ3v) is 5.70. The van der Waals surface area contributed by atoms with Crippen LogP contribution in [0.25, 0.3) is 10.9 Å². The lowest BCUT2D eigenvalue weighted by Gasteiger charge is -2.33. The summed E-state index contributed by atoms with van der Waals surface area (Å²) in [5.74, 6) is 0.587. The summed E-state index contributed by atoms with van der Waals surface area (Å²) in [6.07, 6.45) is 2.22. The Morgan fingerprint density at radius 1 is 1.08 bits per heavy atom. The van der Waals surface area contributed by atoms with E-state index in [0.29, 0.717) is 5.92 Å². The average Bonchev–Trinajstić information content (AvgIpc) is 2.99. The van der Waals surface area contributed by atoms with E-state index in [1.54, 1.807) is 0 Å². The van der Waals surface area contributed by atoms with Crippen LogP contribution in [0.15, 0.2) is 48.5 Å². The fourth-order valence-corrected chi connectivity index (χ4v) is 4.35. The maximum atomic E-state index is 13.3. The van der Waals surface area contributed by atoms with Crippen molar-refractivity contribution in [2.45, 2.75) is 32.6 Å². The van der Waals surface area contributed by atoms with Crippen molar-refractivity contribution in [3.05, 3.63) is 70.9 Å². The van der Waals surface area contributed by atoms with Gasteiger partial charge in [-0.1, -0.05) is 48.0 Å². The second kappa shape index (κ2) is 6.64. The Balaban J connectivity index is 1.62. The van der Waals surface area contributed by atoms with E-state index in [1.807, 2.05) is 18.0 Å². The molecule has 0 saturated carbocycles. The van der Waals surface area contributed by atoms with Crippen LogP contribution in [0.5, 0.6) is 0 Å². The van der Waals surface area contributed by atoms with Crippen molar-refractivity contribution in [3.63, 3.8) is 0 Å². The number of benzene rings is 2. The molecular formula is C23H26N2O. The molecule has 2 aromatic carbocycles. The number of aryl methyl sites for hydroxylation is 3. The van der Waals surface area contributed by atoms with Gasteiger partial charge < -0.3 is 9.47 Å². The normalized spacial score (nSPS) is 17.7. The minimum Gasteiger partial charge on any atom is -0.339 e. The van der Waals surface area contributed by atoms with Crippen LogP contribution in [0, 0.1) is 13.8 Å². The average molecular weight is 346 g/mol. The van der Waals surface area contributed by atoms with Crippen LogP contribution in [-0.4, -0.2) is 28.5 Å². The van der Waals surface area contributed by atoms with Crippen LogP contribution in [0.3, 0.4) is 0 Å². The van der Waals surface area contributed by atoms with E-state index in [0.717, 1.165) is 42.5 Å². The number of likely N-dealkylation sites (tertiary alicyclic amines) is 1. The molecule has 0 radical (unpaired) electrons. The molecule has 0 aliphatic carbocycles. The second-order valence-corrected chi connectivity index (χ2v) is 7.61. The number of hydrogen-bond acceptors (Lipinski definition) is 1. The standard InChI is InChI=1S/C23H26N2O/c1-16-7-4-9-18(13-16)20-11-6-12-25(15-20)23(26)21-14-19-10-5-8-17(2)22(19)24(21)3/h4-5,7-10,13-14,20H,6,11-12,15H2,1-3H3/t20-/m0/s1. The molecular weight excluding hydrogens is 320 g/mol. The lowest BCUT2D eigenvalue weighted by atomic mass is 9.89. The van der Waals surface area contributed by atoms with Gasteiger partial charge >= 0.3 is 0 Å². The van der Waals surface area contributed by atoms with Gasteiger partial charge in [-0.05, 0) is 43.9 Å². The number of para-hydroxylation sites is 1. The van der Waals surface area contributed by atoms with Crippen LogP contribution in [0.4, 0.5) is 0 Å². The fourth-order valence-electron chi connectivity index (χ4n) is 4.35. The molecule has 0 unspecified atom stereocenters. The summed E-state index contributed by atoms with van der Waals surface area (Å²) in [4.78, 5) is 15.3. The van der Waals surface area contributed by atoms with Crippen molar-refractivity contribution in [2.75, 3.05) is 13.1 Å². The highest BCUT2D eigenvalue weighted by Crippen LogP contribution is 2.29. The first kappa shape index (κ1) is 16.9. The van der Waals surface area contributed by atoms with E-state index < -0.39 is 0 Å². The fraction of sp³-hybridized carbons (Fsp3) is 0.348. The maximum absolute atomic E-state index is 13.3. The molecule has 0 spiro atoms. The Morgan fingerprint density at radius 3 is 2.65 bits per heavy atom. The highest BCUT2D eigenvalue weighted by Gasteiger charge is 2.27. The van der Waals surface area contributed by atoms with Crippen LogP contribution in [0.2, 0.25) is 0 Å². The van der Waals surface area contributed by atoms with Crippen molar-refractivity contribution in [1.29, 1.82) is 0 Å². The Morgan fingerprint density at radius 2 is 1.88 bits per heavy atom. The van der Waals surface area contributed by atoms with Gasteiger partial charge in [0.05, 0.1) is 5.52 Å². The van der Waals surface area contributed by atoms with Crippen molar-refractivity contribution >= 4 is 16.8 Å². The molecule has 1 atom stereocenters. The van der Waals surface area contributed by atoms with Crippen LogP contribution >= 0.6 is 0 Å². The minimum atomic E-state index is 0.153. The van der Waals surface area contributed by atoms with Gasteiger partial charge in [-0.25, -0.2) is 0 Å². The van der Waals surface area contributed by atoms with E-state index >= 15 is 0 Å². The molecule has 1 saturated heterocycles. The van der Waals surface area contributed by atoms with Gasteiger partial charge in [-0.3, -0.25) is 4.79 Å². The number of nitrogens with zero attached hydrogens (tertiary/aromatic N) is 2. The summed E-state index contributed by atoms with van der Waals surface area (Å²) in [6, 6.07) is 17.0. The number of carbonyl (C=O) groups is 1. The molecule has 1 aliphatic heterocycles. The Bertz CT molecular complexity index is 969. The molecule has 26 heavy (non-hydrogen) atoms. The van der Waals surface area contributed by atoms with Crippen LogP contribution in [0.1, 0.15) is 45.9 Å². The lowest BCUT2D eigenvalue weighted by Crippen LogP contribution is -2.39. The topological polar surface area (TPSA) is 25.2 Å². The SMILES string of the molecule is Cc1cccc([C@H]2CCCN(C(=O)c3cc4cccc(C)c4n3C)C2)c1. The van der Waals surface area contributed by atoms with Crippen molar-refractivity contribution in [3.8, 4) is 0 Å². The van der Waals surface area contributed by atoms with Gasteiger partial charge in [-0.2, -0.15) is 0 Å². The van der Waals surface area contributed by atoms with Crippen LogP contribution < -0.4 is 0 Å². The molecule has 2 heterocycles. The Labute approximate surface area is 155 Å². The van der Waals surface area contributed by atoms with E-state index in [1.165, 1.54) is 16.7 Å². The predicted molar refractivity (Wildman–Crippen MR) is 107 cm³/mol. The van der Waals surface area contributed by atoms with E-state index in [2.05, 4.69) is 60.9 Å². The molecule has 1 fully saturated rings. The third-order valence-electron chi connectivity index (χ3n) is 5.70. The molecule has 3 nitrogen and oxygen atoms in total. The number of carbonyl (C=O) groups excluding carboxylic acids is 1. The number of fused-ring (bicyclic) bond motifs is 1. The summed E-state index contributed by atoms with van der Waals surface area (Å²) in [6.45, 7) is 5.89. The largest absolute Gasteiger partial charge is 0.339 e. The predicted octanol–water partition coefficient (Wildman–Crippen LogP) is 4.81. The van der Waals surface area contributed by atoms with Gasteiger partial charge in [0.15, 0.2) is 0 Å². The zero-order chi connectivity index (χ0) is 18.3. The minimum absolute atomic E-state index is 0.153. The van der Waals surface area contributed by atoms with Crippen molar-refractivity contribution in [2.24, 2.45) is 7.05 Å². The lowest BCUT2D eigenvalue weighted by molar-refractivity contribution is 0.0698. The molecule has 1 aliphatic rings. The summed E-state index contributed by atoms with van der Waals surface area (Å²) < 4.78 is 2.06. The maximum Gasteiger partial charge on any atom is 0.270 e. The second-order valence-electron chi connectivity index (χ2n) is 7.61. The van der Waals surface area contributed by atoms with E-state index in [9.17, 15) is 4.79 Å². The summed E-state index contributed by atoms with van der Waals surface area (Å²) in [5, 5.41) is 1.14. The third kappa shape index (κ3) is 2.92. The molecule has 1 aromatic heterocycles. The molecule has 4 rings (SSSR count). The summed E-state index contributed by atoms with van der Waals surface area (Å²) >= 11 is 0. The molecule has 134 valence electrons. The van der Waals surface area contributed by atoms with Gasteiger partial charge in [0, 0.05) is 31.4 Å². The first-order valence-electron chi connectivity index (χ1n) is 9.45. The number of rotatable bonds is 2. The van der Waals surface area contributed by atoms with Crippen molar-refractivity contribution < 1.29 is 4.79 Å². The van der Waals surface area contributed by atoms with Crippen LogP contribution in [-0.2, 0) is 7.05 Å². The highest BCUT2D eigenvalue weighted by molar-refractivity contribution is 5.99. The van der Waals surface area contributed by atoms with Gasteiger partial charge in [0.1, 0.15) is 5.69 Å². The number of hydrogen-bond donors (Lipinski definition) is 0. The quantitative estimate of drug-likeness (QED) is 0.653. The molecule has 0 bridgehead atoms. The number of aromatic nitrogens is 1.